The smallest absolute Gasteiger partial charge is 0.252 e. The Bertz CT molecular complexity index is 755. The van der Waals surface area contributed by atoms with E-state index < -0.39 is 10.0 Å². The molecule has 1 aromatic rings. The molecular weight excluding hydrogens is 533 g/mol. The SMILES string of the molecule is CCN(CC)S(=O)(=O)c1ccc(CCNC(=NC)NC2CCN(C(C)C)CC2)s1.I. The van der Waals surface area contributed by atoms with Crippen molar-refractivity contribution in [1.29, 1.82) is 0 Å². The highest BCUT2D eigenvalue weighted by molar-refractivity contribution is 14.0. The number of nitrogens with zero attached hydrogens (tertiary/aromatic N) is 3. The van der Waals surface area contributed by atoms with Gasteiger partial charge in [0.15, 0.2) is 5.96 Å². The molecule has 0 aliphatic carbocycles. The summed E-state index contributed by atoms with van der Waals surface area (Å²) >= 11 is 1.36. The summed E-state index contributed by atoms with van der Waals surface area (Å²) in [5, 5.41) is 6.89. The van der Waals surface area contributed by atoms with Crippen molar-refractivity contribution in [3.8, 4) is 0 Å². The lowest BCUT2D eigenvalue weighted by Gasteiger charge is -2.35. The molecule has 1 saturated heterocycles. The third-order valence-electron chi connectivity index (χ3n) is 5.42. The van der Waals surface area contributed by atoms with E-state index in [0.717, 1.165) is 49.7 Å². The summed E-state index contributed by atoms with van der Waals surface area (Å²) in [7, 11) is -1.57. The number of nitrogens with one attached hydrogen (secondary N) is 2. The first kappa shape index (κ1) is 27.6. The molecule has 7 nitrogen and oxygen atoms in total. The molecule has 0 atom stereocenters. The van der Waals surface area contributed by atoms with Crippen LogP contribution >= 0.6 is 35.3 Å². The first-order chi connectivity index (χ1) is 13.8. The molecule has 1 fully saturated rings. The Labute approximate surface area is 203 Å². The Morgan fingerprint density at radius 3 is 2.43 bits per heavy atom. The third kappa shape index (κ3) is 7.61. The van der Waals surface area contributed by atoms with Gasteiger partial charge in [-0.1, -0.05) is 13.8 Å². The van der Waals surface area contributed by atoms with Gasteiger partial charge in [-0.2, -0.15) is 4.31 Å². The fraction of sp³-hybridized carbons (Fsp3) is 0.750. The van der Waals surface area contributed by atoms with E-state index in [9.17, 15) is 8.42 Å². The molecule has 0 spiro atoms. The van der Waals surface area contributed by atoms with E-state index in [1.54, 1.807) is 13.1 Å². The summed E-state index contributed by atoms with van der Waals surface area (Å²) in [6, 6.07) is 4.70. The van der Waals surface area contributed by atoms with E-state index in [1.165, 1.54) is 15.6 Å². The molecule has 174 valence electrons. The number of hydrogen-bond donors (Lipinski definition) is 2. The Balaban J connectivity index is 0.00000450. The minimum atomic E-state index is -3.36. The predicted octanol–water partition coefficient (Wildman–Crippen LogP) is 2.98. The molecule has 1 aliphatic heterocycles. The maximum Gasteiger partial charge on any atom is 0.252 e. The summed E-state index contributed by atoms with van der Waals surface area (Å²) in [6.07, 6.45) is 3.01. The van der Waals surface area contributed by atoms with Gasteiger partial charge in [0.25, 0.3) is 10.0 Å². The number of sulfonamides is 1. The van der Waals surface area contributed by atoms with E-state index in [-0.39, 0.29) is 24.0 Å². The molecule has 10 heteroatoms. The summed E-state index contributed by atoms with van der Waals surface area (Å²) in [4.78, 5) is 7.91. The van der Waals surface area contributed by atoms with Crippen LogP contribution < -0.4 is 10.6 Å². The van der Waals surface area contributed by atoms with Gasteiger partial charge < -0.3 is 15.5 Å². The standard InChI is InChI=1S/C20H37N5O2S2.HI/c1-6-25(7-2)29(26,27)19-9-8-18(28-19)10-13-22-20(21-5)23-17-11-14-24(15-12-17)16(3)4;/h8-9,16-17H,6-7,10-15H2,1-5H3,(H2,21,22,23);1H. The monoisotopic (exact) mass is 571 g/mol. The van der Waals surface area contributed by atoms with Crippen molar-refractivity contribution in [1.82, 2.24) is 19.8 Å². The quantitative estimate of drug-likeness (QED) is 0.271. The molecule has 30 heavy (non-hydrogen) atoms. The number of hydrogen-bond acceptors (Lipinski definition) is 5. The first-order valence-corrected chi connectivity index (χ1v) is 12.9. The van der Waals surface area contributed by atoms with Crippen molar-refractivity contribution in [3.63, 3.8) is 0 Å². The largest absolute Gasteiger partial charge is 0.356 e. The molecule has 0 radical (unpaired) electrons. The van der Waals surface area contributed by atoms with Crippen LogP contribution in [0.2, 0.25) is 0 Å². The van der Waals surface area contributed by atoms with Crippen molar-refractivity contribution in [3.05, 3.63) is 17.0 Å². The Kier molecular flexibility index (Phi) is 12.1. The number of guanidine groups is 1. The summed E-state index contributed by atoms with van der Waals surface area (Å²) in [6.45, 7) is 12.2. The molecule has 2 heterocycles. The van der Waals surface area contributed by atoms with Crippen LogP contribution in [0.5, 0.6) is 0 Å². The normalized spacial score (nSPS) is 16.7. The summed E-state index contributed by atoms with van der Waals surface area (Å²) in [5.41, 5.74) is 0. The molecule has 0 saturated carbocycles. The van der Waals surface area contributed by atoms with Gasteiger partial charge in [-0.3, -0.25) is 4.99 Å². The van der Waals surface area contributed by atoms with E-state index >= 15 is 0 Å². The van der Waals surface area contributed by atoms with Gasteiger partial charge in [-0.15, -0.1) is 35.3 Å². The number of aliphatic imine (C=N–C) groups is 1. The Morgan fingerprint density at radius 1 is 1.27 bits per heavy atom. The van der Waals surface area contributed by atoms with Gasteiger partial charge in [-0.05, 0) is 45.2 Å². The van der Waals surface area contributed by atoms with E-state index in [4.69, 9.17) is 0 Å². The molecular formula is C20H38IN5O2S2. The molecule has 0 bridgehead atoms. The fourth-order valence-corrected chi connectivity index (χ4v) is 6.54. The second kappa shape index (κ2) is 13.2. The average molecular weight is 572 g/mol. The van der Waals surface area contributed by atoms with Crippen molar-refractivity contribution < 1.29 is 8.42 Å². The van der Waals surface area contributed by atoms with Crippen molar-refractivity contribution >= 4 is 51.3 Å². The van der Waals surface area contributed by atoms with Crippen molar-refractivity contribution in [2.45, 2.75) is 63.3 Å². The van der Waals surface area contributed by atoms with Crippen LogP contribution in [0.4, 0.5) is 0 Å². The third-order valence-corrected chi connectivity index (χ3v) is 9.09. The lowest BCUT2D eigenvalue weighted by molar-refractivity contribution is 0.167. The fourth-order valence-electron chi connectivity index (χ4n) is 3.57. The second-order valence-corrected chi connectivity index (χ2v) is 10.9. The van der Waals surface area contributed by atoms with Gasteiger partial charge >= 0.3 is 0 Å². The zero-order chi connectivity index (χ0) is 21.4. The van der Waals surface area contributed by atoms with Crippen LogP contribution in [0, 0.1) is 0 Å². The van der Waals surface area contributed by atoms with E-state index in [2.05, 4.69) is 34.4 Å². The number of rotatable bonds is 9. The van der Waals surface area contributed by atoms with Crippen LogP contribution in [0.1, 0.15) is 45.4 Å². The topological polar surface area (TPSA) is 77.0 Å². The van der Waals surface area contributed by atoms with E-state index in [1.807, 2.05) is 19.9 Å². The van der Waals surface area contributed by atoms with Gasteiger partial charge in [0.1, 0.15) is 4.21 Å². The molecule has 2 rings (SSSR count). The zero-order valence-electron chi connectivity index (χ0n) is 18.8. The predicted molar refractivity (Wildman–Crippen MR) is 138 cm³/mol. The van der Waals surface area contributed by atoms with Gasteiger partial charge in [-0.25, -0.2) is 8.42 Å². The summed E-state index contributed by atoms with van der Waals surface area (Å²) < 4.78 is 27.1. The molecule has 1 aromatic heterocycles. The van der Waals surface area contributed by atoms with Crippen molar-refractivity contribution in [2.24, 2.45) is 4.99 Å². The second-order valence-electron chi connectivity index (χ2n) is 7.61. The number of halogens is 1. The lowest BCUT2D eigenvalue weighted by atomic mass is 10.0. The minimum absolute atomic E-state index is 0. The molecule has 2 N–H and O–H groups in total. The summed E-state index contributed by atoms with van der Waals surface area (Å²) in [5.74, 6) is 0.820. The number of likely N-dealkylation sites (tertiary alicyclic amines) is 1. The van der Waals surface area contributed by atoms with Crippen LogP contribution in [0.15, 0.2) is 21.3 Å². The van der Waals surface area contributed by atoms with Crippen LogP contribution in [0.3, 0.4) is 0 Å². The highest BCUT2D eigenvalue weighted by atomic mass is 127. The highest BCUT2D eigenvalue weighted by Crippen LogP contribution is 2.25. The number of piperidine rings is 1. The van der Waals surface area contributed by atoms with Crippen LogP contribution in [-0.2, 0) is 16.4 Å². The van der Waals surface area contributed by atoms with Crippen LogP contribution in [0.25, 0.3) is 0 Å². The lowest BCUT2D eigenvalue weighted by Crippen LogP contribution is -2.50. The molecule has 0 aromatic carbocycles. The first-order valence-electron chi connectivity index (χ1n) is 10.6. The van der Waals surface area contributed by atoms with Gasteiger partial charge in [0, 0.05) is 56.7 Å². The maximum atomic E-state index is 12.6. The van der Waals surface area contributed by atoms with E-state index in [0.29, 0.717) is 29.4 Å². The zero-order valence-corrected chi connectivity index (χ0v) is 22.8. The highest BCUT2D eigenvalue weighted by Gasteiger charge is 2.24. The minimum Gasteiger partial charge on any atom is -0.356 e. The van der Waals surface area contributed by atoms with Crippen molar-refractivity contribution in [2.75, 3.05) is 39.8 Å². The number of thiophene rings is 1. The Hall–Kier alpha value is -0.430. The Morgan fingerprint density at radius 2 is 1.90 bits per heavy atom. The van der Waals surface area contributed by atoms with Crippen LogP contribution in [-0.4, -0.2) is 75.4 Å². The molecule has 0 unspecified atom stereocenters. The molecule has 1 aliphatic rings. The maximum absolute atomic E-state index is 12.6. The van der Waals surface area contributed by atoms with Gasteiger partial charge in [0.2, 0.25) is 0 Å². The van der Waals surface area contributed by atoms with Gasteiger partial charge in [0.05, 0.1) is 0 Å². The molecule has 0 amide bonds. The average Bonchev–Trinajstić information content (AvgIpc) is 3.18.